The molecule has 27 heavy (non-hydrogen) atoms. The van der Waals surface area contributed by atoms with Gasteiger partial charge in [0.1, 0.15) is 22.2 Å². The second-order valence-corrected chi connectivity index (χ2v) is 8.07. The van der Waals surface area contributed by atoms with Crippen LogP contribution >= 0.6 is 23.2 Å². The molecule has 4 nitrogen and oxygen atoms in total. The maximum absolute atomic E-state index is 10.7. The van der Waals surface area contributed by atoms with Crippen molar-refractivity contribution < 1.29 is 17.5 Å². The number of nitrogens with zero attached hydrogens (tertiary/aromatic N) is 1. The molecule has 4 rings (SSSR count). The molecule has 3 aromatic carbocycles. The number of halogens is 2. The number of hydrogen-bond acceptors (Lipinski definition) is 3. The van der Waals surface area contributed by atoms with Crippen molar-refractivity contribution in [3.05, 3.63) is 83.0 Å². The molecule has 0 atom stereocenters. The minimum atomic E-state index is -4.34. The highest BCUT2D eigenvalue weighted by atomic mass is 35.5. The highest BCUT2D eigenvalue weighted by Crippen LogP contribution is 2.26. The highest BCUT2D eigenvalue weighted by Gasteiger charge is 2.11. The fourth-order valence-corrected chi connectivity index (χ4v) is 3.76. The Bertz CT molecular complexity index is 1230. The summed E-state index contributed by atoms with van der Waals surface area (Å²) in [6.07, 6.45) is 1.95. The molecule has 7 heteroatoms. The summed E-state index contributed by atoms with van der Waals surface area (Å²) in [6, 6.07) is 19.1. The molecule has 1 aromatic heterocycles. The molecule has 0 bridgehead atoms. The van der Waals surface area contributed by atoms with Gasteiger partial charge in [-0.3, -0.25) is 0 Å². The third kappa shape index (κ3) is 4.39. The number of aromatic nitrogens is 1. The van der Waals surface area contributed by atoms with Crippen molar-refractivity contribution in [2.45, 2.75) is 4.90 Å². The quantitative estimate of drug-likeness (QED) is 0.331. The van der Waals surface area contributed by atoms with E-state index in [1.807, 2.05) is 54.2 Å². The van der Waals surface area contributed by atoms with Crippen LogP contribution in [0, 0.1) is 0 Å². The van der Waals surface area contributed by atoms with E-state index in [1.165, 1.54) is 12.1 Å². The van der Waals surface area contributed by atoms with E-state index < -0.39 is 10.1 Å². The van der Waals surface area contributed by atoms with Crippen LogP contribution in [0.3, 0.4) is 0 Å². The van der Waals surface area contributed by atoms with Gasteiger partial charge in [0.15, 0.2) is 6.20 Å². The predicted octanol–water partition coefficient (Wildman–Crippen LogP) is 4.72. The zero-order chi connectivity index (χ0) is 19.6. The van der Waals surface area contributed by atoms with Gasteiger partial charge >= 0.3 is 0 Å². The first-order valence-electron chi connectivity index (χ1n) is 7.94. The van der Waals surface area contributed by atoms with Crippen molar-refractivity contribution in [3.8, 4) is 0 Å². The predicted molar refractivity (Wildman–Crippen MR) is 107 cm³/mol. The Labute approximate surface area is 167 Å². The van der Waals surface area contributed by atoms with E-state index in [-0.39, 0.29) is 4.90 Å². The molecule has 0 unspecified atom stereocenters. The number of pyridine rings is 1. The van der Waals surface area contributed by atoms with Gasteiger partial charge in [-0.05, 0) is 41.1 Å². The smallest absolute Gasteiger partial charge is 0.232 e. The second kappa shape index (κ2) is 7.82. The average Bonchev–Trinajstić information content (AvgIpc) is 2.64. The van der Waals surface area contributed by atoms with Gasteiger partial charge in [-0.1, -0.05) is 53.5 Å². The Morgan fingerprint density at radius 2 is 1.52 bits per heavy atom. The highest BCUT2D eigenvalue weighted by molar-refractivity contribution is 7.85. The minimum absolute atomic E-state index is 0.184. The lowest BCUT2D eigenvalue weighted by molar-refractivity contribution is -0.644. The van der Waals surface area contributed by atoms with Crippen molar-refractivity contribution in [1.29, 1.82) is 0 Å². The SMILES string of the molecule is C[n+]1cccc2c(Cl)ccc(Cl)c21.O=S(=O)([O-])c1ccc2ccccc2c1. The van der Waals surface area contributed by atoms with Gasteiger partial charge < -0.3 is 4.55 Å². The molecule has 0 amide bonds. The van der Waals surface area contributed by atoms with E-state index in [2.05, 4.69) is 0 Å². The van der Waals surface area contributed by atoms with Gasteiger partial charge in [0.25, 0.3) is 0 Å². The fraction of sp³-hybridized carbons (Fsp3) is 0.0500. The molecule has 0 fully saturated rings. The van der Waals surface area contributed by atoms with Crippen molar-refractivity contribution in [3.63, 3.8) is 0 Å². The van der Waals surface area contributed by atoms with Crippen LogP contribution < -0.4 is 4.57 Å². The Morgan fingerprint density at radius 3 is 2.19 bits per heavy atom. The molecular formula is C20H15Cl2NO3S. The topological polar surface area (TPSA) is 61.1 Å². The summed E-state index contributed by atoms with van der Waals surface area (Å²) in [6.45, 7) is 0. The summed E-state index contributed by atoms with van der Waals surface area (Å²) in [4.78, 5) is -0.184. The molecule has 0 saturated carbocycles. The van der Waals surface area contributed by atoms with Crippen LogP contribution in [0.5, 0.6) is 0 Å². The fourth-order valence-electron chi connectivity index (χ4n) is 2.74. The largest absolute Gasteiger partial charge is 0.744 e. The monoisotopic (exact) mass is 419 g/mol. The first-order chi connectivity index (χ1) is 12.8. The normalized spacial score (nSPS) is 11.3. The number of aryl methyl sites for hydroxylation is 1. The second-order valence-electron chi connectivity index (χ2n) is 5.87. The first kappa shape index (κ1) is 19.6. The summed E-state index contributed by atoms with van der Waals surface area (Å²) in [5.74, 6) is 0. The van der Waals surface area contributed by atoms with Crippen LogP contribution in [-0.2, 0) is 17.2 Å². The summed E-state index contributed by atoms with van der Waals surface area (Å²) in [7, 11) is -2.40. The van der Waals surface area contributed by atoms with E-state index in [9.17, 15) is 13.0 Å². The molecule has 0 saturated heterocycles. The van der Waals surface area contributed by atoms with Gasteiger partial charge in [0, 0.05) is 6.07 Å². The molecular weight excluding hydrogens is 405 g/mol. The Morgan fingerprint density at radius 1 is 0.852 bits per heavy atom. The molecule has 1 heterocycles. The van der Waals surface area contributed by atoms with Gasteiger partial charge in [-0.15, -0.1) is 0 Å². The summed E-state index contributed by atoms with van der Waals surface area (Å²) in [5.41, 5.74) is 0.969. The molecule has 138 valence electrons. The third-order valence-corrected chi connectivity index (χ3v) is 5.52. The van der Waals surface area contributed by atoms with Crippen molar-refractivity contribution in [2.24, 2.45) is 7.05 Å². The van der Waals surface area contributed by atoms with Crippen molar-refractivity contribution in [2.75, 3.05) is 0 Å². The summed E-state index contributed by atoms with van der Waals surface area (Å²) < 4.78 is 34.1. The van der Waals surface area contributed by atoms with Gasteiger partial charge in [0.2, 0.25) is 5.52 Å². The molecule has 0 aliphatic heterocycles. The van der Waals surface area contributed by atoms with E-state index in [4.69, 9.17) is 23.2 Å². The molecule has 0 aliphatic rings. The van der Waals surface area contributed by atoms with Crippen LogP contribution in [0.15, 0.2) is 77.8 Å². The molecule has 0 N–H and O–H groups in total. The van der Waals surface area contributed by atoms with Crippen molar-refractivity contribution in [1.82, 2.24) is 0 Å². The standard InChI is InChI=1S/C10H8Cl2N.C10H8O3S/c1-13-6-2-3-7-8(11)4-5-9(12)10(7)13;11-14(12,13)10-6-5-8-3-1-2-4-9(8)7-10/h2-6H,1H3;1-7H,(H,11,12,13)/q+1;/p-1. The number of benzene rings is 3. The van der Waals surface area contributed by atoms with E-state index in [0.717, 1.165) is 31.7 Å². The van der Waals surface area contributed by atoms with Gasteiger partial charge in [-0.2, -0.15) is 4.57 Å². The Balaban J connectivity index is 0.000000156. The zero-order valence-corrected chi connectivity index (χ0v) is 16.6. The average molecular weight is 420 g/mol. The molecule has 0 radical (unpaired) electrons. The van der Waals surface area contributed by atoms with E-state index in [0.29, 0.717) is 0 Å². The number of fused-ring (bicyclic) bond motifs is 2. The number of hydrogen-bond donors (Lipinski definition) is 0. The zero-order valence-electron chi connectivity index (χ0n) is 14.3. The Kier molecular flexibility index (Phi) is 5.67. The first-order valence-corrected chi connectivity index (χ1v) is 10.1. The lowest BCUT2D eigenvalue weighted by Crippen LogP contribution is -2.28. The van der Waals surface area contributed by atoms with E-state index >= 15 is 0 Å². The van der Waals surface area contributed by atoms with E-state index in [1.54, 1.807) is 18.2 Å². The maximum atomic E-state index is 10.7. The Hall–Kier alpha value is -2.18. The molecule has 0 aliphatic carbocycles. The van der Waals surface area contributed by atoms with Crippen molar-refractivity contribution >= 4 is 55.0 Å². The third-order valence-electron chi connectivity index (χ3n) is 4.05. The maximum Gasteiger partial charge on any atom is 0.232 e. The minimum Gasteiger partial charge on any atom is -0.744 e. The van der Waals surface area contributed by atoms with Crippen LogP contribution in [0.1, 0.15) is 0 Å². The lowest BCUT2D eigenvalue weighted by atomic mass is 10.1. The van der Waals surface area contributed by atoms with Gasteiger partial charge in [0.05, 0.1) is 15.3 Å². The van der Waals surface area contributed by atoms with Crippen LogP contribution in [0.2, 0.25) is 10.0 Å². The van der Waals surface area contributed by atoms with Crippen LogP contribution in [-0.4, -0.2) is 13.0 Å². The summed E-state index contributed by atoms with van der Waals surface area (Å²) in [5, 5.41) is 4.11. The molecule has 0 spiro atoms. The van der Waals surface area contributed by atoms with Crippen LogP contribution in [0.4, 0.5) is 0 Å². The van der Waals surface area contributed by atoms with Crippen LogP contribution in [0.25, 0.3) is 21.7 Å². The summed E-state index contributed by atoms with van der Waals surface area (Å²) >= 11 is 12.1. The molecule has 4 aromatic rings. The number of rotatable bonds is 1. The van der Waals surface area contributed by atoms with Gasteiger partial charge in [-0.25, -0.2) is 8.42 Å². The lowest BCUT2D eigenvalue weighted by Gasteiger charge is -2.07.